The summed E-state index contributed by atoms with van der Waals surface area (Å²) < 4.78 is 10.7. The number of rotatable bonds is 5. The van der Waals surface area contributed by atoms with Gasteiger partial charge in [-0.2, -0.15) is 0 Å². The Morgan fingerprint density at radius 1 is 1.42 bits per heavy atom. The predicted octanol–water partition coefficient (Wildman–Crippen LogP) is 2.23. The molecule has 1 aliphatic heterocycles. The maximum absolute atomic E-state index is 12.6. The Balaban J connectivity index is 2.17. The Morgan fingerprint density at radius 2 is 2.17 bits per heavy atom. The minimum Gasteiger partial charge on any atom is -0.490 e. The number of hydrogen-bond donors (Lipinski definition) is 2. The molecule has 7 nitrogen and oxygen atoms in total. The third kappa shape index (κ3) is 3.97. The number of fused-ring (bicyclic) bond motifs is 1. The quantitative estimate of drug-likeness (QED) is 0.809. The first kappa shape index (κ1) is 18.1. The molecule has 0 unspecified atom stereocenters. The van der Waals surface area contributed by atoms with E-state index in [0.29, 0.717) is 37.7 Å². The minimum atomic E-state index is -0.597. The number of carbonyl (C=O) groups is 2. The van der Waals surface area contributed by atoms with Crippen molar-refractivity contribution in [3.05, 3.63) is 18.2 Å². The number of ether oxygens (including phenoxy) is 2. The minimum absolute atomic E-state index is 0.0294. The van der Waals surface area contributed by atoms with Gasteiger partial charge in [0.15, 0.2) is 0 Å². The lowest BCUT2D eigenvalue weighted by atomic mass is 9.93. The number of nitrogens with zero attached hydrogens (tertiary/aromatic N) is 1. The molecule has 3 amide bonds. The molecule has 1 heterocycles. The standard InChI is InChI=1S/C17H25N3O4/c1-5-20-13-7-6-12(19-16(22)18-8-9-23-4)10-14(13)24-11-17(2,3)15(20)21/h6-7,10H,5,8-9,11H2,1-4H3,(H2,18,19,22). The van der Waals surface area contributed by atoms with Crippen LogP contribution in [0.1, 0.15) is 20.8 Å². The molecular formula is C17H25N3O4. The lowest BCUT2D eigenvalue weighted by molar-refractivity contribution is -0.127. The second kappa shape index (κ2) is 7.53. The van der Waals surface area contributed by atoms with Crippen molar-refractivity contribution in [1.29, 1.82) is 0 Å². The highest BCUT2D eigenvalue weighted by molar-refractivity contribution is 6.00. The summed E-state index contributed by atoms with van der Waals surface area (Å²) in [6.07, 6.45) is 0. The number of anilines is 2. The summed E-state index contributed by atoms with van der Waals surface area (Å²) in [5, 5.41) is 5.43. The number of amides is 3. The van der Waals surface area contributed by atoms with E-state index in [1.807, 2.05) is 20.8 Å². The van der Waals surface area contributed by atoms with Crippen molar-refractivity contribution in [1.82, 2.24) is 5.32 Å². The SMILES string of the molecule is CCN1C(=O)C(C)(C)COc2cc(NC(=O)NCCOC)ccc21. The fourth-order valence-electron chi connectivity index (χ4n) is 2.48. The molecule has 0 spiro atoms. The second-order valence-electron chi connectivity index (χ2n) is 6.28. The number of methoxy groups -OCH3 is 1. The highest BCUT2D eigenvalue weighted by Gasteiger charge is 2.37. The summed E-state index contributed by atoms with van der Waals surface area (Å²) in [5.74, 6) is 0.618. The molecule has 132 valence electrons. The summed E-state index contributed by atoms with van der Waals surface area (Å²) in [4.78, 5) is 26.2. The Kier molecular flexibility index (Phi) is 5.66. The van der Waals surface area contributed by atoms with Gasteiger partial charge in [-0.25, -0.2) is 4.79 Å². The lowest BCUT2D eigenvalue weighted by Crippen LogP contribution is -2.42. The van der Waals surface area contributed by atoms with Gasteiger partial charge < -0.3 is 25.0 Å². The Morgan fingerprint density at radius 3 is 2.83 bits per heavy atom. The van der Waals surface area contributed by atoms with Crippen molar-refractivity contribution >= 4 is 23.3 Å². The molecule has 1 aromatic carbocycles. The monoisotopic (exact) mass is 335 g/mol. The molecule has 0 atom stereocenters. The topological polar surface area (TPSA) is 79.9 Å². The summed E-state index contributed by atoms with van der Waals surface area (Å²) in [6.45, 7) is 7.39. The van der Waals surface area contributed by atoms with Gasteiger partial charge in [-0.1, -0.05) is 0 Å². The highest BCUT2D eigenvalue weighted by Crippen LogP contribution is 2.37. The number of benzene rings is 1. The zero-order valence-corrected chi connectivity index (χ0v) is 14.6. The third-order valence-electron chi connectivity index (χ3n) is 3.83. The summed E-state index contributed by atoms with van der Waals surface area (Å²) >= 11 is 0. The van der Waals surface area contributed by atoms with Crippen LogP contribution in [0.25, 0.3) is 0 Å². The summed E-state index contributed by atoms with van der Waals surface area (Å²) in [6, 6.07) is 4.97. The van der Waals surface area contributed by atoms with Gasteiger partial charge in [0.2, 0.25) is 5.91 Å². The van der Waals surface area contributed by atoms with E-state index in [1.165, 1.54) is 0 Å². The number of urea groups is 1. The first-order chi connectivity index (χ1) is 11.4. The maximum Gasteiger partial charge on any atom is 0.319 e. The molecule has 1 aromatic rings. The Bertz CT molecular complexity index is 616. The molecular weight excluding hydrogens is 310 g/mol. The van der Waals surface area contributed by atoms with Gasteiger partial charge in [-0.05, 0) is 32.9 Å². The Hall–Kier alpha value is -2.28. The molecule has 0 bridgehead atoms. The van der Waals surface area contributed by atoms with Crippen LogP contribution < -0.4 is 20.3 Å². The van der Waals surface area contributed by atoms with Gasteiger partial charge in [-0.3, -0.25) is 4.79 Å². The smallest absolute Gasteiger partial charge is 0.319 e. The van der Waals surface area contributed by atoms with Crippen molar-refractivity contribution in [2.45, 2.75) is 20.8 Å². The molecule has 1 aliphatic rings. The molecule has 0 aliphatic carbocycles. The van der Waals surface area contributed by atoms with Crippen LogP contribution in [0.2, 0.25) is 0 Å². The van der Waals surface area contributed by atoms with Gasteiger partial charge in [0.1, 0.15) is 12.4 Å². The van der Waals surface area contributed by atoms with E-state index in [-0.39, 0.29) is 11.9 Å². The molecule has 0 fully saturated rings. The van der Waals surface area contributed by atoms with Gasteiger partial charge in [0, 0.05) is 32.0 Å². The van der Waals surface area contributed by atoms with Gasteiger partial charge in [0.05, 0.1) is 17.7 Å². The molecule has 0 aromatic heterocycles. The van der Waals surface area contributed by atoms with Crippen molar-refractivity contribution in [3.63, 3.8) is 0 Å². The first-order valence-corrected chi connectivity index (χ1v) is 8.01. The van der Waals surface area contributed by atoms with E-state index >= 15 is 0 Å². The van der Waals surface area contributed by atoms with E-state index in [2.05, 4.69) is 10.6 Å². The number of nitrogens with one attached hydrogen (secondary N) is 2. The average Bonchev–Trinajstić information content (AvgIpc) is 2.63. The van der Waals surface area contributed by atoms with Crippen LogP contribution in [-0.2, 0) is 9.53 Å². The predicted molar refractivity (Wildman–Crippen MR) is 92.6 cm³/mol. The van der Waals surface area contributed by atoms with E-state index < -0.39 is 5.41 Å². The largest absolute Gasteiger partial charge is 0.490 e. The molecule has 24 heavy (non-hydrogen) atoms. The molecule has 0 saturated heterocycles. The first-order valence-electron chi connectivity index (χ1n) is 8.01. The van der Waals surface area contributed by atoms with E-state index in [4.69, 9.17) is 9.47 Å². The fourth-order valence-corrected chi connectivity index (χ4v) is 2.48. The molecule has 7 heteroatoms. The number of carbonyl (C=O) groups excluding carboxylic acids is 2. The normalized spacial score (nSPS) is 16.0. The van der Waals surface area contributed by atoms with Crippen molar-refractivity contribution < 1.29 is 19.1 Å². The van der Waals surface area contributed by atoms with Gasteiger partial charge in [0.25, 0.3) is 0 Å². The average molecular weight is 335 g/mol. The van der Waals surface area contributed by atoms with Crippen LogP contribution in [0, 0.1) is 5.41 Å². The maximum atomic E-state index is 12.6. The lowest BCUT2D eigenvalue weighted by Gasteiger charge is -2.26. The summed E-state index contributed by atoms with van der Waals surface area (Å²) in [7, 11) is 1.58. The summed E-state index contributed by atoms with van der Waals surface area (Å²) in [5.41, 5.74) is 0.727. The van der Waals surface area contributed by atoms with E-state index in [1.54, 1.807) is 30.2 Å². The number of hydrogen-bond acceptors (Lipinski definition) is 4. The molecule has 0 radical (unpaired) electrons. The van der Waals surface area contributed by atoms with Crippen LogP contribution in [0.5, 0.6) is 5.75 Å². The van der Waals surface area contributed by atoms with E-state index in [9.17, 15) is 9.59 Å². The molecule has 0 saturated carbocycles. The third-order valence-corrected chi connectivity index (χ3v) is 3.83. The van der Waals surface area contributed by atoms with Crippen LogP contribution >= 0.6 is 0 Å². The van der Waals surface area contributed by atoms with E-state index in [0.717, 1.165) is 5.69 Å². The second-order valence-corrected chi connectivity index (χ2v) is 6.28. The fraction of sp³-hybridized carbons (Fsp3) is 0.529. The molecule has 2 rings (SSSR count). The zero-order valence-electron chi connectivity index (χ0n) is 14.6. The van der Waals surface area contributed by atoms with Crippen LogP contribution in [-0.4, -0.2) is 45.4 Å². The zero-order chi connectivity index (χ0) is 17.7. The van der Waals surface area contributed by atoms with Gasteiger partial charge >= 0.3 is 6.03 Å². The van der Waals surface area contributed by atoms with Crippen LogP contribution in [0.3, 0.4) is 0 Å². The van der Waals surface area contributed by atoms with Crippen LogP contribution in [0.4, 0.5) is 16.2 Å². The molecule has 2 N–H and O–H groups in total. The van der Waals surface area contributed by atoms with Crippen molar-refractivity contribution in [3.8, 4) is 5.75 Å². The Labute approximate surface area is 142 Å². The van der Waals surface area contributed by atoms with Gasteiger partial charge in [-0.15, -0.1) is 0 Å². The van der Waals surface area contributed by atoms with Crippen molar-refractivity contribution in [2.75, 3.05) is 43.6 Å². The highest BCUT2D eigenvalue weighted by atomic mass is 16.5. The van der Waals surface area contributed by atoms with Crippen molar-refractivity contribution in [2.24, 2.45) is 5.41 Å². The van der Waals surface area contributed by atoms with Crippen LogP contribution in [0.15, 0.2) is 18.2 Å².